The zero-order valence-electron chi connectivity index (χ0n) is 9.42. The summed E-state index contributed by atoms with van der Waals surface area (Å²) in [5, 5.41) is 17.7. The molecule has 2 unspecified atom stereocenters. The lowest BCUT2D eigenvalue weighted by Gasteiger charge is -2.25. The van der Waals surface area contributed by atoms with Gasteiger partial charge < -0.3 is 20.7 Å². The molecule has 1 aliphatic rings. The Bertz CT molecular complexity index is 321. The third-order valence-corrected chi connectivity index (χ3v) is 2.76. The Hall–Kier alpha value is -0.690. The van der Waals surface area contributed by atoms with Crippen LogP contribution in [-0.2, 0) is 4.74 Å². The fourth-order valence-electron chi connectivity index (χ4n) is 1.42. The highest BCUT2D eigenvalue weighted by molar-refractivity contribution is 9.10. The summed E-state index contributed by atoms with van der Waals surface area (Å²) in [5.74, 6) is 0.541. The highest BCUT2D eigenvalue weighted by atomic mass is 79.9. The van der Waals surface area contributed by atoms with Crippen molar-refractivity contribution in [1.82, 2.24) is 4.98 Å². The molecule has 1 aromatic rings. The Labute approximate surface area is 109 Å². The van der Waals surface area contributed by atoms with E-state index in [0.29, 0.717) is 12.4 Å². The van der Waals surface area contributed by atoms with Crippen molar-refractivity contribution in [3.63, 3.8) is 0 Å². The maximum atomic E-state index is 9.08. The first-order chi connectivity index (χ1) is 8.13. The second-order valence-corrected chi connectivity index (χ2v) is 4.50. The number of nitrogen functional groups attached to an aromatic ring is 1. The van der Waals surface area contributed by atoms with Gasteiger partial charge in [-0.2, -0.15) is 0 Å². The third kappa shape index (κ3) is 5.45. The number of anilines is 1. The van der Waals surface area contributed by atoms with Gasteiger partial charge >= 0.3 is 0 Å². The lowest BCUT2D eigenvalue weighted by molar-refractivity contribution is -0.0942. The van der Waals surface area contributed by atoms with Gasteiger partial charge in [-0.15, -0.1) is 0 Å². The number of halogens is 1. The highest BCUT2D eigenvalue weighted by Crippen LogP contribution is 2.12. The smallest absolute Gasteiger partial charge is 0.124 e. The molecule has 0 bridgehead atoms. The number of aromatic nitrogens is 1. The first-order valence-electron chi connectivity index (χ1n) is 5.42. The topological polar surface area (TPSA) is 88.6 Å². The van der Waals surface area contributed by atoms with Crippen LogP contribution in [0.5, 0.6) is 0 Å². The molecule has 0 aliphatic carbocycles. The Morgan fingerprint density at radius 3 is 2.71 bits per heavy atom. The van der Waals surface area contributed by atoms with E-state index >= 15 is 0 Å². The van der Waals surface area contributed by atoms with E-state index < -0.39 is 6.10 Å². The lowest BCUT2D eigenvalue weighted by atomic mass is 10.1. The number of hydrogen-bond donors (Lipinski definition) is 3. The second-order valence-electron chi connectivity index (χ2n) is 3.69. The van der Waals surface area contributed by atoms with E-state index in [2.05, 4.69) is 20.9 Å². The van der Waals surface area contributed by atoms with Crippen LogP contribution in [0.1, 0.15) is 12.8 Å². The predicted octanol–water partition coefficient (Wildman–Crippen LogP) is 0.945. The van der Waals surface area contributed by atoms with Gasteiger partial charge in [0, 0.05) is 6.61 Å². The Balaban J connectivity index is 0.000000171. The van der Waals surface area contributed by atoms with Crippen LogP contribution in [0.2, 0.25) is 0 Å². The average Bonchev–Trinajstić information content (AvgIpc) is 2.30. The molecule has 1 fully saturated rings. The Morgan fingerprint density at radius 1 is 1.53 bits per heavy atom. The van der Waals surface area contributed by atoms with E-state index in [-0.39, 0.29) is 12.7 Å². The van der Waals surface area contributed by atoms with Crippen LogP contribution in [0.25, 0.3) is 0 Å². The number of rotatable bonds is 1. The van der Waals surface area contributed by atoms with Gasteiger partial charge in [-0.3, -0.25) is 0 Å². The molecule has 0 aromatic carbocycles. The molecule has 4 N–H and O–H groups in total. The van der Waals surface area contributed by atoms with Crippen molar-refractivity contribution >= 4 is 21.7 Å². The van der Waals surface area contributed by atoms with Crippen LogP contribution >= 0.6 is 15.9 Å². The largest absolute Gasteiger partial charge is 0.394 e. The highest BCUT2D eigenvalue weighted by Gasteiger charge is 2.22. The van der Waals surface area contributed by atoms with E-state index in [0.717, 1.165) is 17.4 Å². The van der Waals surface area contributed by atoms with Crippen molar-refractivity contribution in [2.24, 2.45) is 0 Å². The van der Waals surface area contributed by atoms with Gasteiger partial charge in [-0.05, 0) is 40.9 Å². The van der Waals surface area contributed by atoms with Crippen LogP contribution in [0.3, 0.4) is 0 Å². The molecule has 2 heterocycles. The number of aliphatic hydroxyl groups excluding tert-OH is 2. The molecule has 1 saturated heterocycles. The minimum atomic E-state index is -0.455. The number of aliphatic hydroxyl groups is 2. The predicted molar refractivity (Wildman–Crippen MR) is 68.4 cm³/mol. The summed E-state index contributed by atoms with van der Waals surface area (Å²) in [6.07, 6.45) is 0.866. The molecule has 0 amide bonds. The molecule has 1 aromatic heterocycles. The van der Waals surface area contributed by atoms with Gasteiger partial charge in [-0.1, -0.05) is 6.07 Å². The SMILES string of the molecule is Nc1cccc(Br)n1.OCC1OCCCC1O. The Morgan fingerprint density at radius 2 is 2.29 bits per heavy atom. The number of pyridine rings is 1. The van der Waals surface area contributed by atoms with Gasteiger partial charge in [-0.25, -0.2) is 4.98 Å². The standard InChI is InChI=1S/C6H12O3.C5H5BrN2/c7-4-6-5(8)2-1-3-9-6;6-4-2-1-3-5(7)8-4/h5-8H,1-4H2;1-3H,(H2,7,8). The fourth-order valence-corrected chi connectivity index (χ4v) is 1.78. The quantitative estimate of drug-likeness (QED) is 0.672. The summed E-state index contributed by atoms with van der Waals surface area (Å²) in [6.45, 7) is 0.601. The van der Waals surface area contributed by atoms with Crippen LogP contribution in [-0.4, -0.2) is 40.6 Å². The van der Waals surface area contributed by atoms with E-state index in [1.165, 1.54) is 0 Å². The van der Waals surface area contributed by atoms with E-state index in [1.54, 1.807) is 6.07 Å². The molecule has 0 radical (unpaired) electrons. The molecule has 0 saturated carbocycles. The summed E-state index contributed by atoms with van der Waals surface area (Å²) >= 11 is 3.17. The molecule has 96 valence electrons. The molecular weight excluding hydrogens is 288 g/mol. The third-order valence-electron chi connectivity index (χ3n) is 2.32. The summed E-state index contributed by atoms with van der Waals surface area (Å²) in [5.41, 5.74) is 5.32. The molecule has 2 rings (SSSR count). The van der Waals surface area contributed by atoms with Crippen molar-refractivity contribution in [3.8, 4) is 0 Å². The molecule has 0 spiro atoms. The molecule has 6 heteroatoms. The minimum absolute atomic E-state index is 0.0683. The van der Waals surface area contributed by atoms with E-state index in [1.807, 2.05) is 12.1 Å². The van der Waals surface area contributed by atoms with Gasteiger partial charge in [0.15, 0.2) is 0 Å². The fraction of sp³-hybridized carbons (Fsp3) is 0.545. The molecule has 17 heavy (non-hydrogen) atoms. The summed E-state index contributed by atoms with van der Waals surface area (Å²) in [7, 11) is 0. The number of nitrogens with zero attached hydrogens (tertiary/aromatic N) is 1. The maximum Gasteiger partial charge on any atom is 0.124 e. The van der Waals surface area contributed by atoms with Crippen LogP contribution in [0.15, 0.2) is 22.8 Å². The van der Waals surface area contributed by atoms with Gasteiger partial charge in [0.25, 0.3) is 0 Å². The first kappa shape index (κ1) is 14.4. The van der Waals surface area contributed by atoms with E-state index in [4.69, 9.17) is 20.7 Å². The first-order valence-corrected chi connectivity index (χ1v) is 6.21. The lowest BCUT2D eigenvalue weighted by Crippen LogP contribution is -2.36. The van der Waals surface area contributed by atoms with Crippen molar-refractivity contribution < 1.29 is 14.9 Å². The number of hydrogen-bond acceptors (Lipinski definition) is 5. The summed E-state index contributed by atoms with van der Waals surface area (Å²) < 4.78 is 5.81. The molecular formula is C11H17BrN2O3. The molecule has 5 nitrogen and oxygen atoms in total. The van der Waals surface area contributed by atoms with Crippen LogP contribution in [0.4, 0.5) is 5.82 Å². The molecule has 2 atom stereocenters. The Kier molecular flexibility index (Phi) is 6.43. The van der Waals surface area contributed by atoms with Crippen molar-refractivity contribution in [2.45, 2.75) is 25.0 Å². The monoisotopic (exact) mass is 304 g/mol. The van der Waals surface area contributed by atoms with Crippen LogP contribution in [0, 0.1) is 0 Å². The maximum absolute atomic E-state index is 9.08. The normalized spacial score (nSPS) is 23.7. The average molecular weight is 305 g/mol. The zero-order valence-corrected chi connectivity index (χ0v) is 11.0. The van der Waals surface area contributed by atoms with Crippen molar-refractivity contribution in [1.29, 1.82) is 0 Å². The van der Waals surface area contributed by atoms with Gasteiger partial charge in [0.2, 0.25) is 0 Å². The molecule has 1 aliphatic heterocycles. The van der Waals surface area contributed by atoms with Crippen molar-refractivity contribution in [3.05, 3.63) is 22.8 Å². The van der Waals surface area contributed by atoms with Gasteiger partial charge in [0.1, 0.15) is 16.5 Å². The van der Waals surface area contributed by atoms with E-state index in [9.17, 15) is 0 Å². The summed E-state index contributed by atoms with van der Waals surface area (Å²) in [6, 6.07) is 5.41. The number of ether oxygens (including phenoxy) is 1. The zero-order chi connectivity index (χ0) is 12.7. The minimum Gasteiger partial charge on any atom is -0.394 e. The van der Waals surface area contributed by atoms with Gasteiger partial charge in [0.05, 0.1) is 12.7 Å². The summed E-state index contributed by atoms with van der Waals surface area (Å²) in [4.78, 5) is 3.87. The number of nitrogens with two attached hydrogens (primary N) is 1. The van der Waals surface area contributed by atoms with Crippen molar-refractivity contribution in [2.75, 3.05) is 18.9 Å². The van der Waals surface area contributed by atoms with Crippen LogP contribution < -0.4 is 5.73 Å². The second kappa shape index (κ2) is 7.60.